The number of carbonyl (C=O) groups excluding carboxylic acids is 1. The van der Waals surface area contributed by atoms with Crippen molar-refractivity contribution in [1.29, 1.82) is 0 Å². The molecule has 3 rings (SSSR count). The number of esters is 1. The van der Waals surface area contributed by atoms with E-state index in [1.807, 2.05) is 0 Å². The fourth-order valence-electron chi connectivity index (χ4n) is 2.95. The number of alkyl halides is 3. The van der Waals surface area contributed by atoms with Crippen LogP contribution in [0.4, 0.5) is 13.2 Å². The van der Waals surface area contributed by atoms with Gasteiger partial charge in [-0.3, -0.25) is 0 Å². The Kier molecular flexibility index (Phi) is 5.15. The monoisotopic (exact) mass is 396 g/mol. The summed E-state index contributed by atoms with van der Waals surface area (Å²) in [5.41, 5.74) is 0.380. The van der Waals surface area contributed by atoms with E-state index < -0.39 is 17.8 Å². The van der Waals surface area contributed by atoms with E-state index in [9.17, 15) is 18.0 Å². The molecule has 2 heterocycles. The number of benzene rings is 1. The van der Waals surface area contributed by atoms with Gasteiger partial charge >= 0.3 is 12.1 Å². The molecule has 27 heavy (non-hydrogen) atoms. The number of aromatic nitrogens is 2. The number of nitrogens with zero attached hydrogens (tertiary/aromatic N) is 2. The van der Waals surface area contributed by atoms with E-state index in [1.165, 1.54) is 16.5 Å². The first-order valence-corrected chi connectivity index (χ1v) is 8.59. The normalized spacial score (nSPS) is 11.8. The second-order valence-corrected chi connectivity index (χ2v) is 6.44. The first-order valence-electron chi connectivity index (χ1n) is 8.21. The van der Waals surface area contributed by atoms with Crippen LogP contribution in [-0.2, 0) is 17.3 Å². The van der Waals surface area contributed by atoms with Crippen LogP contribution in [0.2, 0.25) is 5.02 Å². The van der Waals surface area contributed by atoms with Crippen LogP contribution in [0.5, 0.6) is 0 Å². The van der Waals surface area contributed by atoms with Crippen LogP contribution in [-0.4, -0.2) is 22.0 Å². The van der Waals surface area contributed by atoms with Crippen molar-refractivity contribution in [2.45, 2.75) is 26.4 Å². The molecule has 0 radical (unpaired) electrons. The van der Waals surface area contributed by atoms with Gasteiger partial charge in [-0.15, -0.1) is 0 Å². The molecule has 2 aromatic heterocycles. The maximum Gasteiger partial charge on any atom is 0.435 e. The Labute approximate surface area is 158 Å². The molecule has 4 nitrogen and oxygen atoms in total. The van der Waals surface area contributed by atoms with Crippen LogP contribution in [0, 0.1) is 6.92 Å². The lowest BCUT2D eigenvalue weighted by atomic mass is 10.1. The Morgan fingerprint density at radius 1 is 1.22 bits per heavy atom. The maximum absolute atomic E-state index is 13.6. The maximum atomic E-state index is 13.6. The minimum absolute atomic E-state index is 0.00716. The van der Waals surface area contributed by atoms with Crippen molar-refractivity contribution < 1.29 is 22.7 Å². The number of halogens is 4. The standard InChI is InChI=1S/C19H16ClF3N2O2/c1-3-27-18(26)13-8-11(2)25-15(9-12-4-6-14(20)7-5-12)17(19(21,22)23)24-16(25)10-13/h4-8,10H,3,9H2,1-2H3. The van der Waals surface area contributed by atoms with E-state index in [0.717, 1.165) is 0 Å². The predicted octanol–water partition coefficient (Wildman–Crippen LogP) is 5.08. The summed E-state index contributed by atoms with van der Waals surface area (Å²) >= 11 is 5.85. The number of aryl methyl sites for hydroxylation is 1. The van der Waals surface area contributed by atoms with Crippen molar-refractivity contribution in [1.82, 2.24) is 9.38 Å². The molecule has 8 heteroatoms. The third-order valence-electron chi connectivity index (χ3n) is 4.06. The summed E-state index contributed by atoms with van der Waals surface area (Å²) in [5.74, 6) is -0.598. The summed E-state index contributed by atoms with van der Waals surface area (Å²) in [6, 6.07) is 9.40. The van der Waals surface area contributed by atoms with Gasteiger partial charge in [0.05, 0.1) is 17.9 Å². The number of fused-ring (bicyclic) bond motifs is 1. The second kappa shape index (κ2) is 7.23. The van der Waals surface area contributed by atoms with Gasteiger partial charge in [-0.2, -0.15) is 13.2 Å². The average molecular weight is 397 g/mol. The van der Waals surface area contributed by atoms with Gasteiger partial charge in [0.2, 0.25) is 0 Å². The number of ether oxygens (including phenoxy) is 1. The largest absolute Gasteiger partial charge is 0.462 e. The Morgan fingerprint density at radius 3 is 2.48 bits per heavy atom. The lowest BCUT2D eigenvalue weighted by Crippen LogP contribution is -2.11. The molecule has 0 spiro atoms. The summed E-state index contributed by atoms with van der Waals surface area (Å²) in [6.07, 6.45) is -4.60. The highest BCUT2D eigenvalue weighted by Crippen LogP contribution is 2.34. The van der Waals surface area contributed by atoms with Gasteiger partial charge in [0, 0.05) is 17.1 Å². The number of pyridine rings is 1. The van der Waals surface area contributed by atoms with E-state index in [0.29, 0.717) is 16.3 Å². The van der Waals surface area contributed by atoms with Gasteiger partial charge in [0.15, 0.2) is 5.69 Å². The van der Waals surface area contributed by atoms with Crippen LogP contribution >= 0.6 is 11.6 Å². The van der Waals surface area contributed by atoms with Crippen LogP contribution in [0.3, 0.4) is 0 Å². The van der Waals surface area contributed by atoms with Gasteiger partial charge < -0.3 is 9.14 Å². The molecule has 0 saturated carbocycles. The molecule has 0 amide bonds. The highest BCUT2D eigenvalue weighted by Gasteiger charge is 2.38. The van der Waals surface area contributed by atoms with Crippen LogP contribution < -0.4 is 0 Å². The Bertz CT molecular complexity index is 995. The van der Waals surface area contributed by atoms with Crippen molar-refractivity contribution in [3.05, 3.63) is 69.6 Å². The molecule has 0 unspecified atom stereocenters. The third-order valence-corrected chi connectivity index (χ3v) is 4.32. The van der Waals surface area contributed by atoms with Crippen molar-refractivity contribution in [3.8, 4) is 0 Å². The molecule has 0 bridgehead atoms. The minimum Gasteiger partial charge on any atom is -0.462 e. The van der Waals surface area contributed by atoms with Crippen molar-refractivity contribution in [2.75, 3.05) is 6.61 Å². The van der Waals surface area contributed by atoms with E-state index in [-0.39, 0.29) is 29.9 Å². The van der Waals surface area contributed by atoms with Gasteiger partial charge in [-0.05, 0) is 43.7 Å². The van der Waals surface area contributed by atoms with Crippen LogP contribution in [0.1, 0.15) is 39.9 Å². The summed E-state index contributed by atoms with van der Waals surface area (Å²) in [4.78, 5) is 15.7. The second-order valence-electron chi connectivity index (χ2n) is 6.01. The highest BCUT2D eigenvalue weighted by molar-refractivity contribution is 6.30. The molecule has 1 aromatic carbocycles. The zero-order valence-corrected chi connectivity index (χ0v) is 15.4. The number of rotatable bonds is 4. The smallest absolute Gasteiger partial charge is 0.435 e. The third kappa shape index (κ3) is 3.93. The molecule has 0 fully saturated rings. The molecule has 142 valence electrons. The quantitative estimate of drug-likeness (QED) is 0.577. The van der Waals surface area contributed by atoms with Crippen molar-refractivity contribution >= 4 is 23.2 Å². The molecular formula is C19H16ClF3N2O2. The predicted molar refractivity (Wildman–Crippen MR) is 95.1 cm³/mol. The fraction of sp³-hybridized carbons (Fsp3) is 0.263. The summed E-state index contributed by atoms with van der Waals surface area (Å²) in [6.45, 7) is 3.46. The van der Waals surface area contributed by atoms with Crippen LogP contribution in [0.25, 0.3) is 5.65 Å². The number of carbonyl (C=O) groups is 1. The SMILES string of the molecule is CCOC(=O)c1cc(C)n2c(Cc3ccc(Cl)cc3)c(C(F)(F)F)nc2c1. The van der Waals surface area contributed by atoms with E-state index in [1.54, 1.807) is 38.1 Å². The molecule has 3 aromatic rings. The Hall–Kier alpha value is -2.54. The van der Waals surface area contributed by atoms with Crippen molar-refractivity contribution in [2.24, 2.45) is 0 Å². The van der Waals surface area contributed by atoms with Crippen LogP contribution in [0.15, 0.2) is 36.4 Å². The number of hydrogen-bond acceptors (Lipinski definition) is 3. The minimum atomic E-state index is -4.62. The van der Waals surface area contributed by atoms with Crippen molar-refractivity contribution in [3.63, 3.8) is 0 Å². The van der Waals surface area contributed by atoms with Gasteiger partial charge in [0.25, 0.3) is 0 Å². The first kappa shape index (κ1) is 19.2. The lowest BCUT2D eigenvalue weighted by Gasteiger charge is -2.11. The van der Waals surface area contributed by atoms with Gasteiger partial charge in [-0.25, -0.2) is 9.78 Å². The zero-order valence-electron chi connectivity index (χ0n) is 14.6. The average Bonchev–Trinajstić information content (AvgIpc) is 2.96. The molecule has 0 aliphatic heterocycles. The zero-order chi connectivity index (χ0) is 19.8. The molecule has 0 aliphatic rings. The molecule has 0 atom stereocenters. The van der Waals surface area contributed by atoms with E-state index >= 15 is 0 Å². The molecule has 0 aliphatic carbocycles. The topological polar surface area (TPSA) is 43.6 Å². The van der Waals surface area contributed by atoms with Gasteiger partial charge in [0.1, 0.15) is 5.65 Å². The summed E-state index contributed by atoms with van der Waals surface area (Å²) in [5, 5.41) is 0.503. The number of imidazole rings is 1. The highest BCUT2D eigenvalue weighted by atomic mass is 35.5. The van der Waals surface area contributed by atoms with E-state index in [4.69, 9.17) is 16.3 Å². The Balaban J connectivity index is 2.17. The first-order chi connectivity index (χ1) is 12.7. The lowest BCUT2D eigenvalue weighted by molar-refractivity contribution is -0.141. The molecule has 0 saturated heterocycles. The Morgan fingerprint density at radius 2 is 1.89 bits per heavy atom. The molecule has 0 N–H and O–H groups in total. The fourth-order valence-corrected chi connectivity index (χ4v) is 3.08. The number of hydrogen-bond donors (Lipinski definition) is 0. The summed E-state index contributed by atoms with van der Waals surface area (Å²) in [7, 11) is 0. The van der Waals surface area contributed by atoms with E-state index in [2.05, 4.69) is 4.98 Å². The molecular weight excluding hydrogens is 381 g/mol. The summed E-state index contributed by atoms with van der Waals surface area (Å²) < 4.78 is 47.1. The van der Waals surface area contributed by atoms with Gasteiger partial charge in [-0.1, -0.05) is 23.7 Å².